The van der Waals surface area contributed by atoms with E-state index in [1.807, 2.05) is 0 Å². The van der Waals surface area contributed by atoms with Crippen molar-refractivity contribution in [2.45, 2.75) is 19.4 Å². The summed E-state index contributed by atoms with van der Waals surface area (Å²) in [6.07, 6.45) is -0.256. The van der Waals surface area contributed by atoms with Gasteiger partial charge in [-0.3, -0.25) is 14.4 Å². The topological polar surface area (TPSA) is 94.9 Å². The van der Waals surface area contributed by atoms with Gasteiger partial charge in [0.05, 0.1) is 18.0 Å². The first-order chi connectivity index (χ1) is 9.93. The Morgan fingerprint density at radius 3 is 2.38 bits per heavy atom. The van der Waals surface area contributed by atoms with Gasteiger partial charge in [-0.15, -0.1) is 0 Å². The van der Waals surface area contributed by atoms with E-state index in [1.165, 1.54) is 11.8 Å². The van der Waals surface area contributed by atoms with Crippen molar-refractivity contribution in [1.82, 2.24) is 4.90 Å². The van der Waals surface area contributed by atoms with Crippen LogP contribution in [0.5, 0.6) is 0 Å². The zero-order valence-electron chi connectivity index (χ0n) is 11.4. The van der Waals surface area contributed by atoms with Gasteiger partial charge in [0, 0.05) is 6.54 Å². The number of aliphatic carboxylic acids is 1. The molecule has 2 N–H and O–H groups in total. The van der Waals surface area contributed by atoms with Crippen LogP contribution in [0.3, 0.4) is 0 Å². The third kappa shape index (κ3) is 2.79. The molecule has 1 aliphatic heterocycles. The van der Waals surface area contributed by atoms with Crippen molar-refractivity contribution in [3.05, 3.63) is 47.2 Å². The maximum absolute atomic E-state index is 12.1. The second-order valence-corrected chi connectivity index (χ2v) is 4.77. The van der Waals surface area contributed by atoms with Gasteiger partial charge in [-0.05, 0) is 12.5 Å². The molecule has 2 rings (SSSR count). The average Bonchev–Trinajstić information content (AvgIpc) is 2.70. The largest absolute Gasteiger partial charge is 0.503 e. The van der Waals surface area contributed by atoms with Gasteiger partial charge in [0.1, 0.15) is 0 Å². The Morgan fingerprint density at radius 1 is 1.24 bits per heavy atom. The molecule has 0 saturated carbocycles. The molecule has 1 aromatic rings. The Morgan fingerprint density at radius 2 is 1.86 bits per heavy atom. The molecule has 0 aliphatic carbocycles. The number of carbonyl (C=O) groups excluding carboxylic acids is 2. The first-order valence-electron chi connectivity index (χ1n) is 6.45. The molecule has 1 atom stereocenters. The third-order valence-electron chi connectivity index (χ3n) is 3.36. The monoisotopic (exact) mass is 289 g/mol. The van der Waals surface area contributed by atoms with Crippen LogP contribution >= 0.6 is 0 Å². The van der Waals surface area contributed by atoms with E-state index in [-0.39, 0.29) is 18.5 Å². The minimum absolute atomic E-state index is 0.0107. The van der Waals surface area contributed by atoms with Crippen LogP contribution in [0.4, 0.5) is 0 Å². The standard InChI is InChI=1S/C15H15NO5/c1-9(17)12-13(10-5-3-2-4-6-10)16(8-7-11(18)19)15(21)14(12)20/h2-6,13,20H,7-8H2,1H3,(H,18,19)/t13-/m1/s1. The van der Waals surface area contributed by atoms with Crippen LogP contribution < -0.4 is 0 Å². The van der Waals surface area contributed by atoms with Gasteiger partial charge in [-0.2, -0.15) is 0 Å². The molecule has 110 valence electrons. The van der Waals surface area contributed by atoms with Gasteiger partial charge in [0.25, 0.3) is 5.91 Å². The van der Waals surface area contributed by atoms with Crippen LogP contribution in [0, 0.1) is 0 Å². The highest BCUT2D eigenvalue weighted by Gasteiger charge is 2.42. The summed E-state index contributed by atoms with van der Waals surface area (Å²) in [6, 6.07) is 8.01. The van der Waals surface area contributed by atoms with E-state index in [9.17, 15) is 19.5 Å². The zero-order chi connectivity index (χ0) is 15.6. The maximum atomic E-state index is 12.1. The molecule has 1 amide bonds. The lowest BCUT2D eigenvalue weighted by atomic mass is 9.97. The van der Waals surface area contributed by atoms with Crippen LogP contribution in [0.1, 0.15) is 24.9 Å². The molecule has 0 spiro atoms. The van der Waals surface area contributed by atoms with E-state index in [0.29, 0.717) is 5.56 Å². The number of nitrogens with zero attached hydrogens (tertiary/aromatic N) is 1. The van der Waals surface area contributed by atoms with Gasteiger partial charge >= 0.3 is 5.97 Å². The number of aliphatic hydroxyl groups is 1. The minimum atomic E-state index is -1.05. The molecule has 0 saturated heterocycles. The lowest BCUT2D eigenvalue weighted by Crippen LogP contribution is -2.33. The Hall–Kier alpha value is -2.63. The molecule has 1 aromatic carbocycles. The molecule has 21 heavy (non-hydrogen) atoms. The Labute approximate surface area is 121 Å². The summed E-state index contributed by atoms with van der Waals surface area (Å²) in [5.41, 5.74) is 0.669. The summed E-state index contributed by atoms with van der Waals surface area (Å²) in [5.74, 6) is -2.77. The van der Waals surface area contributed by atoms with Crippen molar-refractivity contribution in [2.24, 2.45) is 0 Å². The fraction of sp³-hybridized carbons (Fsp3) is 0.267. The van der Waals surface area contributed by atoms with Crippen molar-refractivity contribution in [1.29, 1.82) is 0 Å². The fourth-order valence-corrected chi connectivity index (χ4v) is 2.44. The van der Waals surface area contributed by atoms with Crippen LogP contribution in [-0.4, -0.2) is 39.3 Å². The number of rotatable bonds is 5. The molecule has 0 aromatic heterocycles. The van der Waals surface area contributed by atoms with E-state index in [0.717, 1.165) is 0 Å². The Kier molecular flexibility index (Phi) is 4.07. The van der Waals surface area contributed by atoms with E-state index < -0.39 is 29.5 Å². The quantitative estimate of drug-likeness (QED) is 0.855. The van der Waals surface area contributed by atoms with Gasteiger partial charge in [-0.1, -0.05) is 30.3 Å². The first-order valence-corrected chi connectivity index (χ1v) is 6.45. The van der Waals surface area contributed by atoms with E-state index in [2.05, 4.69) is 0 Å². The number of ketones is 1. The number of hydrogen-bond donors (Lipinski definition) is 2. The predicted octanol–water partition coefficient (Wildman–Crippen LogP) is 1.45. The summed E-state index contributed by atoms with van der Waals surface area (Å²) < 4.78 is 0. The number of carbonyl (C=O) groups is 3. The molecule has 0 fully saturated rings. The summed E-state index contributed by atoms with van der Waals surface area (Å²) in [5, 5.41) is 18.7. The number of hydrogen-bond acceptors (Lipinski definition) is 4. The molecule has 6 nitrogen and oxygen atoms in total. The van der Waals surface area contributed by atoms with Gasteiger partial charge in [0.2, 0.25) is 0 Å². The Bertz CT molecular complexity index is 620. The number of benzene rings is 1. The number of aliphatic hydroxyl groups excluding tert-OH is 1. The number of carboxylic acids is 1. The molecule has 0 radical (unpaired) electrons. The summed E-state index contributed by atoms with van der Waals surface area (Å²) in [4.78, 5) is 35.8. The van der Waals surface area contributed by atoms with Gasteiger partial charge < -0.3 is 15.1 Å². The highest BCUT2D eigenvalue weighted by atomic mass is 16.4. The number of carboxylic acid groups (broad SMARTS) is 1. The molecular weight excluding hydrogens is 274 g/mol. The lowest BCUT2D eigenvalue weighted by Gasteiger charge is -2.25. The fourth-order valence-electron chi connectivity index (χ4n) is 2.44. The SMILES string of the molecule is CC(=O)C1=C(O)C(=O)N(CCC(=O)O)[C@@H]1c1ccccc1. The zero-order valence-corrected chi connectivity index (χ0v) is 11.4. The molecular formula is C15H15NO5. The number of Topliss-reactive ketones (excluding diaryl/α,β-unsaturated/α-hetero) is 1. The molecule has 1 aliphatic rings. The molecule has 1 heterocycles. The number of amides is 1. The highest BCUT2D eigenvalue weighted by Crippen LogP contribution is 2.37. The second-order valence-electron chi connectivity index (χ2n) is 4.77. The van der Waals surface area contributed by atoms with Crippen molar-refractivity contribution in [3.63, 3.8) is 0 Å². The van der Waals surface area contributed by atoms with E-state index in [1.54, 1.807) is 30.3 Å². The normalized spacial score (nSPS) is 18.2. The Balaban J connectivity index is 2.43. The first kappa shape index (κ1) is 14.8. The van der Waals surface area contributed by atoms with Crippen molar-refractivity contribution < 1.29 is 24.6 Å². The highest BCUT2D eigenvalue weighted by molar-refractivity contribution is 6.08. The smallest absolute Gasteiger partial charge is 0.305 e. The van der Waals surface area contributed by atoms with Crippen molar-refractivity contribution in [3.8, 4) is 0 Å². The van der Waals surface area contributed by atoms with E-state index >= 15 is 0 Å². The summed E-state index contributed by atoms with van der Waals surface area (Å²) in [7, 11) is 0. The average molecular weight is 289 g/mol. The van der Waals surface area contributed by atoms with Crippen LogP contribution in [-0.2, 0) is 14.4 Å². The maximum Gasteiger partial charge on any atom is 0.305 e. The molecule has 6 heteroatoms. The summed E-state index contributed by atoms with van der Waals surface area (Å²) >= 11 is 0. The van der Waals surface area contributed by atoms with Gasteiger partial charge in [0.15, 0.2) is 11.5 Å². The molecule has 0 bridgehead atoms. The van der Waals surface area contributed by atoms with Crippen LogP contribution in [0.15, 0.2) is 41.7 Å². The summed E-state index contributed by atoms with van der Waals surface area (Å²) in [6.45, 7) is 1.20. The molecule has 0 unspecified atom stereocenters. The van der Waals surface area contributed by atoms with E-state index in [4.69, 9.17) is 5.11 Å². The predicted molar refractivity (Wildman–Crippen MR) is 73.5 cm³/mol. The van der Waals surface area contributed by atoms with Crippen LogP contribution in [0.2, 0.25) is 0 Å². The third-order valence-corrected chi connectivity index (χ3v) is 3.36. The lowest BCUT2D eigenvalue weighted by molar-refractivity contribution is -0.138. The van der Waals surface area contributed by atoms with Crippen molar-refractivity contribution in [2.75, 3.05) is 6.54 Å². The second kappa shape index (κ2) is 5.78. The van der Waals surface area contributed by atoms with Gasteiger partial charge in [-0.25, -0.2) is 0 Å². The van der Waals surface area contributed by atoms with Crippen molar-refractivity contribution >= 4 is 17.7 Å². The van der Waals surface area contributed by atoms with Crippen LogP contribution in [0.25, 0.3) is 0 Å². The minimum Gasteiger partial charge on any atom is -0.503 e.